The third kappa shape index (κ3) is 15.0. The van der Waals surface area contributed by atoms with Crippen LogP contribution >= 0.6 is 0 Å². The fourth-order valence-electron chi connectivity index (χ4n) is 2.42. The summed E-state index contributed by atoms with van der Waals surface area (Å²) in [6, 6.07) is 9.61. The van der Waals surface area contributed by atoms with Gasteiger partial charge >= 0.3 is 35.7 Å². The molecule has 0 aromatic heterocycles. The number of carbonyl (C=O) groups excluding carboxylic acids is 2. The molecule has 0 spiro atoms. The summed E-state index contributed by atoms with van der Waals surface area (Å²) in [5.41, 5.74) is 0.979. The van der Waals surface area contributed by atoms with E-state index in [1.807, 2.05) is 30.3 Å². The maximum atomic E-state index is 11.5. The van der Waals surface area contributed by atoms with Gasteiger partial charge in [-0.05, 0) is 24.8 Å². The van der Waals surface area contributed by atoms with Gasteiger partial charge in [-0.3, -0.25) is 0 Å². The number of hydrogen-bond acceptors (Lipinski definition) is 4. The molecule has 5 nitrogen and oxygen atoms in total. The van der Waals surface area contributed by atoms with Crippen molar-refractivity contribution in [3.63, 3.8) is 0 Å². The van der Waals surface area contributed by atoms with Crippen LogP contribution < -0.4 is 40.0 Å². The number of aliphatic carboxylic acids is 1. The van der Waals surface area contributed by atoms with Gasteiger partial charge in [-0.15, -0.1) is 0 Å². The van der Waals surface area contributed by atoms with Crippen LogP contribution in [0.2, 0.25) is 0 Å². The van der Waals surface area contributed by atoms with Crippen molar-refractivity contribution in [2.24, 2.45) is 0 Å². The second-order valence-corrected chi connectivity index (χ2v) is 5.94. The molecule has 0 unspecified atom stereocenters. The number of carboxylic acid groups (broad SMARTS) is 1. The molecule has 0 aliphatic rings. The van der Waals surface area contributed by atoms with Gasteiger partial charge in [0.25, 0.3) is 0 Å². The van der Waals surface area contributed by atoms with Crippen LogP contribution in [0.1, 0.15) is 63.4 Å². The molecule has 0 atom stereocenters. The van der Waals surface area contributed by atoms with Gasteiger partial charge < -0.3 is 20.0 Å². The molecule has 1 rings (SSSR count). The van der Waals surface area contributed by atoms with Crippen molar-refractivity contribution in [1.82, 2.24) is 5.32 Å². The molecule has 0 fully saturated rings. The first-order valence-corrected chi connectivity index (χ1v) is 8.83. The summed E-state index contributed by atoms with van der Waals surface area (Å²) in [7, 11) is 0. The number of benzene rings is 1. The molecule has 25 heavy (non-hydrogen) atoms. The molecule has 0 saturated carbocycles. The van der Waals surface area contributed by atoms with E-state index in [-0.39, 0.29) is 42.1 Å². The van der Waals surface area contributed by atoms with Crippen LogP contribution in [-0.2, 0) is 16.1 Å². The standard InChI is InChI=1S/C19H29NO4.Na/c21-18(22)14-10-5-3-1-2-4-6-11-15-20-19(23)24-16-17-12-8-7-9-13-17;/h7-9,12-13H,1-6,10-11,14-16H2,(H,20,23)(H,21,22);/q;+1/p-1. The van der Waals surface area contributed by atoms with E-state index in [1.54, 1.807) is 0 Å². The minimum atomic E-state index is -0.954. The number of carbonyl (C=O) groups is 2. The van der Waals surface area contributed by atoms with Crippen molar-refractivity contribution in [3.8, 4) is 0 Å². The van der Waals surface area contributed by atoms with Gasteiger partial charge in [0.05, 0.1) is 0 Å². The third-order valence-electron chi connectivity index (χ3n) is 3.79. The molecule has 0 radical (unpaired) electrons. The van der Waals surface area contributed by atoms with Crippen LogP contribution in [0.25, 0.3) is 0 Å². The van der Waals surface area contributed by atoms with E-state index < -0.39 is 5.97 Å². The summed E-state index contributed by atoms with van der Waals surface area (Å²) in [5.74, 6) is -0.954. The van der Waals surface area contributed by atoms with Gasteiger partial charge in [-0.2, -0.15) is 0 Å². The summed E-state index contributed by atoms with van der Waals surface area (Å²) in [5, 5.41) is 13.0. The first-order chi connectivity index (χ1) is 11.7. The summed E-state index contributed by atoms with van der Waals surface area (Å²) in [4.78, 5) is 21.8. The fourth-order valence-corrected chi connectivity index (χ4v) is 2.42. The molecule has 0 aliphatic heterocycles. The van der Waals surface area contributed by atoms with Crippen LogP contribution in [0.3, 0.4) is 0 Å². The van der Waals surface area contributed by atoms with Crippen molar-refractivity contribution in [3.05, 3.63) is 35.9 Å². The van der Waals surface area contributed by atoms with Gasteiger partial charge in [0.2, 0.25) is 0 Å². The van der Waals surface area contributed by atoms with Crippen LogP contribution in [-0.4, -0.2) is 18.6 Å². The number of nitrogens with one attached hydrogen (secondary N) is 1. The molecule has 1 aromatic carbocycles. The second-order valence-electron chi connectivity index (χ2n) is 5.94. The number of alkyl carbamates (subject to hydrolysis) is 1. The first kappa shape index (κ1) is 24.0. The minimum absolute atomic E-state index is 0. The largest absolute Gasteiger partial charge is 1.00 e. The maximum Gasteiger partial charge on any atom is 1.00 e. The van der Waals surface area contributed by atoms with Crippen LogP contribution in [0.15, 0.2) is 30.3 Å². The molecule has 1 amide bonds. The molecular weight excluding hydrogens is 329 g/mol. The van der Waals surface area contributed by atoms with E-state index in [2.05, 4.69) is 5.32 Å². The average molecular weight is 357 g/mol. The Hall–Kier alpha value is -1.04. The van der Waals surface area contributed by atoms with Crippen LogP contribution in [0.5, 0.6) is 0 Å². The van der Waals surface area contributed by atoms with Gasteiger partial charge in [0, 0.05) is 12.5 Å². The summed E-state index contributed by atoms with van der Waals surface area (Å²) >= 11 is 0. The minimum Gasteiger partial charge on any atom is -0.550 e. The zero-order chi connectivity index (χ0) is 17.5. The molecule has 1 N–H and O–H groups in total. The van der Waals surface area contributed by atoms with E-state index in [9.17, 15) is 14.7 Å². The van der Waals surface area contributed by atoms with Crippen molar-refractivity contribution >= 4 is 12.1 Å². The average Bonchev–Trinajstić information content (AvgIpc) is 2.58. The summed E-state index contributed by atoms with van der Waals surface area (Å²) < 4.78 is 5.13. The number of unbranched alkanes of at least 4 members (excludes halogenated alkanes) is 7. The number of rotatable bonds is 13. The SMILES string of the molecule is O=C([O-])CCCCCCCCCCNC(=O)OCc1ccccc1.[Na+]. The topological polar surface area (TPSA) is 78.5 Å². The Morgan fingerprint density at radius 2 is 1.44 bits per heavy atom. The molecule has 0 saturated heterocycles. The quantitative estimate of drug-likeness (QED) is 0.403. The monoisotopic (exact) mass is 357 g/mol. The first-order valence-electron chi connectivity index (χ1n) is 8.83. The molecular formula is C19H28NNaO4. The summed E-state index contributed by atoms with van der Waals surface area (Å²) in [6.45, 7) is 0.934. The summed E-state index contributed by atoms with van der Waals surface area (Å²) in [6.07, 6.45) is 8.03. The zero-order valence-corrected chi connectivity index (χ0v) is 17.3. The molecule has 134 valence electrons. The fraction of sp³-hybridized carbons (Fsp3) is 0.579. The smallest absolute Gasteiger partial charge is 0.550 e. The van der Waals surface area contributed by atoms with E-state index in [1.165, 1.54) is 0 Å². The van der Waals surface area contributed by atoms with Crippen molar-refractivity contribution in [2.45, 2.75) is 64.4 Å². The number of amides is 1. The molecule has 6 heteroatoms. The Morgan fingerprint density at radius 3 is 2.04 bits per heavy atom. The third-order valence-corrected chi connectivity index (χ3v) is 3.79. The number of carboxylic acids is 1. The van der Waals surface area contributed by atoms with E-state index >= 15 is 0 Å². The Bertz CT molecular complexity index is 468. The van der Waals surface area contributed by atoms with Crippen molar-refractivity contribution in [1.29, 1.82) is 0 Å². The normalized spacial score (nSPS) is 9.92. The Labute approximate surface area is 172 Å². The molecule has 0 heterocycles. The number of hydrogen-bond donors (Lipinski definition) is 1. The molecule has 0 aliphatic carbocycles. The van der Waals surface area contributed by atoms with Crippen molar-refractivity contribution < 1.29 is 49.0 Å². The van der Waals surface area contributed by atoms with E-state index in [0.29, 0.717) is 13.2 Å². The Balaban J connectivity index is 0.00000576. The predicted molar refractivity (Wildman–Crippen MR) is 91.2 cm³/mol. The zero-order valence-electron chi connectivity index (χ0n) is 15.3. The van der Waals surface area contributed by atoms with Crippen LogP contribution in [0.4, 0.5) is 4.79 Å². The second kappa shape index (κ2) is 16.4. The van der Waals surface area contributed by atoms with E-state index in [0.717, 1.165) is 56.9 Å². The number of ether oxygens (including phenoxy) is 1. The van der Waals surface area contributed by atoms with Gasteiger partial charge in [0.15, 0.2) is 0 Å². The van der Waals surface area contributed by atoms with Gasteiger partial charge in [0.1, 0.15) is 6.61 Å². The van der Waals surface area contributed by atoms with E-state index in [4.69, 9.17) is 4.74 Å². The van der Waals surface area contributed by atoms with Gasteiger partial charge in [-0.1, -0.05) is 68.9 Å². The molecule has 0 bridgehead atoms. The van der Waals surface area contributed by atoms with Gasteiger partial charge in [-0.25, -0.2) is 4.79 Å². The predicted octanol–water partition coefficient (Wildman–Crippen LogP) is 0.178. The maximum absolute atomic E-state index is 11.5. The van der Waals surface area contributed by atoms with Crippen LogP contribution in [0, 0.1) is 0 Å². The Kier molecular flexibility index (Phi) is 15.7. The van der Waals surface area contributed by atoms with Crippen molar-refractivity contribution in [2.75, 3.05) is 6.54 Å². The Morgan fingerprint density at radius 1 is 0.880 bits per heavy atom. The molecule has 1 aromatic rings.